The fourth-order valence-electron chi connectivity index (χ4n) is 5.13. The number of nitrogens with zero attached hydrogens (tertiary/aromatic N) is 2. The lowest BCUT2D eigenvalue weighted by atomic mass is 9.73. The van der Waals surface area contributed by atoms with E-state index in [4.69, 9.17) is 9.72 Å². The van der Waals surface area contributed by atoms with Crippen LogP contribution in [0.15, 0.2) is 30.9 Å². The summed E-state index contributed by atoms with van der Waals surface area (Å²) >= 11 is 0. The van der Waals surface area contributed by atoms with Crippen molar-refractivity contribution in [1.82, 2.24) is 10.3 Å². The van der Waals surface area contributed by atoms with Gasteiger partial charge in [0.05, 0.1) is 11.7 Å². The number of rotatable bonds is 7. The van der Waals surface area contributed by atoms with Crippen molar-refractivity contribution in [3.05, 3.63) is 36.5 Å². The van der Waals surface area contributed by atoms with Gasteiger partial charge in [0, 0.05) is 43.6 Å². The van der Waals surface area contributed by atoms with Crippen LogP contribution in [0.1, 0.15) is 51.1 Å². The van der Waals surface area contributed by atoms with Crippen LogP contribution < -0.4 is 10.2 Å². The molecule has 1 N–H and O–H groups in total. The number of nitrogens with one attached hydrogen (secondary N) is 1. The maximum Gasteiger partial charge on any atom is 0.220 e. The molecule has 1 spiro atoms. The molecule has 4 rings (SSSR count). The Labute approximate surface area is 162 Å². The Bertz CT molecular complexity index is 719. The van der Waals surface area contributed by atoms with Crippen LogP contribution in [0.3, 0.4) is 0 Å². The van der Waals surface area contributed by atoms with E-state index in [1.807, 2.05) is 0 Å². The molecule has 2 bridgehead atoms. The molecule has 0 aromatic carbocycles. The fourth-order valence-corrected chi connectivity index (χ4v) is 5.13. The average Bonchev–Trinajstić information content (AvgIpc) is 3.33. The van der Waals surface area contributed by atoms with Crippen LogP contribution in [0, 0.1) is 11.8 Å². The first-order chi connectivity index (χ1) is 13.0. The summed E-state index contributed by atoms with van der Waals surface area (Å²) in [7, 11) is 0. The first kappa shape index (κ1) is 18.5. The highest BCUT2D eigenvalue weighted by Gasteiger charge is 2.63. The summed E-state index contributed by atoms with van der Waals surface area (Å²) in [4.78, 5) is 19.3. The molecule has 0 radical (unpaired) electrons. The number of carbonyl (C=O) groups is 1. The van der Waals surface area contributed by atoms with Gasteiger partial charge in [-0.1, -0.05) is 26.0 Å². The van der Waals surface area contributed by atoms with Gasteiger partial charge in [-0.25, -0.2) is 4.98 Å². The lowest BCUT2D eigenvalue weighted by molar-refractivity contribution is -0.121. The number of aromatic nitrogens is 1. The highest BCUT2D eigenvalue weighted by Crippen LogP contribution is 2.55. The van der Waals surface area contributed by atoms with Crippen molar-refractivity contribution in [1.29, 1.82) is 0 Å². The van der Waals surface area contributed by atoms with E-state index in [-0.39, 0.29) is 11.5 Å². The molecule has 3 fully saturated rings. The number of pyridine rings is 1. The van der Waals surface area contributed by atoms with Gasteiger partial charge >= 0.3 is 0 Å². The lowest BCUT2D eigenvalue weighted by Gasteiger charge is -2.29. The quantitative estimate of drug-likeness (QED) is 0.750. The molecule has 146 valence electrons. The summed E-state index contributed by atoms with van der Waals surface area (Å²) < 4.78 is 6.50. The highest BCUT2D eigenvalue weighted by atomic mass is 16.5. The third kappa shape index (κ3) is 3.38. The summed E-state index contributed by atoms with van der Waals surface area (Å²) in [6.45, 7) is 10.7. The van der Waals surface area contributed by atoms with E-state index in [1.165, 1.54) is 0 Å². The smallest absolute Gasteiger partial charge is 0.220 e. The van der Waals surface area contributed by atoms with E-state index in [9.17, 15) is 4.79 Å². The largest absolute Gasteiger partial charge is 0.369 e. The zero-order chi connectivity index (χ0) is 19.0. The molecule has 3 saturated heterocycles. The Balaban J connectivity index is 1.45. The van der Waals surface area contributed by atoms with E-state index in [2.05, 4.69) is 48.8 Å². The Morgan fingerprint density at radius 2 is 2.37 bits per heavy atom. The number of allylic oxidation sites excluding steroid dienone is 1. The minimum Gasteiger partial charge on any atom is -0.369 e. The summed E-state index contributed by atoms with van der Waals surface area (Å²) in [6.07, 6.45) is 5.58. The third-order valence-corrected chi connectivity index (χ3v) is 6.57. The van der Waals surface area contributed by atoms with Gasteiger partial charge in [-0.05, 0) is 37.3 Å². The van der Waals surface area contributed by atoms with Gasteiger partial charge in [0.15, 0.2) is 0 Å². The van der Waals surface area contributed by atoms with Crippen LogP contribution in [-0.2, 0) is 9.53 Å². The van der Waals surface area contributed by atoms with Gasteiger partial charge in [-0.3, -0.25) is 4.79 Å². The number of anilines is 1. The number of fused-ring (bicyclic) bond motifs is 1. The zero-order valence-corrected chi connectivity index (χ0v) is 16.5. The molecule has 3 aliphatic rings. The van der Waals surface area contributed by atoms with Crippen LogP contribution in [0.5, 0.6) is 0 Å². The van der Waals surface area contributed by atoms with Crippen molar-refractivity contribution >= 4 is 11.7 Å². The van der Waals surface area contributed by atoms with Crippen molar-refractivity contribution in [3.63, 3.8) is 0 Å². The molecule has 1 amide bonds. The summed E-state index contributed by atoms with van der Waals surface area (Å²) in [5.74, 6) is 2.49. The van der Waals surface area contributed by atoms with Gasteiger partial charge < -0.3 is 15.0 Å². The Kier molecular flexibility index (Phi) is 4.97. The number of ether oxygens (including phenoxy) is 1. The van der Waals surface area contributed by atoms with Gasteiger partial charge in [-0.2, -0.15) is 0 Å². The van der Waals surface area contributed by atoms with Crippen molar-refractivity contribution in [2.75, 3.05) is 24.5 Å². The molecule has 27 heavy (non-hydrogen) atoms. The lowest BCUT2D eigenvalue weighted by Crippen LogP contribution is -2.41. The molecule has 5 heteroatoms. The van der Waals surface area contributed by atoms with Gasteiger partial charge in [0.25, 0.3) is 0 Å². The predicted octanol–water partition coefficient (Wildman–Crippen LogP) is 3.27. The molecular weight excluding hydrogens is 338 g/mol. The first-order valence-electron chi connectivity index (χ1n) is 10.3. The Hall–Kier alpha value is -1.88. The average molecular weight is 370 g/mol. The van der Waals surface area contributed by atoms with E-state index in [0.29, 0.717) is 30.3 Å². The summed E-state index contributed by atoms with van der Waals surface area (Å²) in [6, 6.07) is 6.33. The predicted molar refractivity (Wildman–Crippen MR) is 107 cm³/mol. The van der Waals surface area contributed by atoms with Crippen LogP contribution in [0.4, 0.5) is 5.82 Å². The standard InChI is InChI=1S/C22H31N3O2/c1-4-5-9-21(26)23-12-16-17-13-25(14-22(17)11-10-19(16)27-22)20-8-6-7-18(24-20)15(2)3/h4,6-8,15-17,19H,1,5,9-14H2,2-3H3,(H,23,26)/t16-,17+,19+,22+/m0/s1. The van der Waals surface area contributed by atoms with E-state index in [0.717, 1.165) is 50.4 Å². The highest BCUT2D eigenvalue weighted by molar-refractivity contribution is 5.76. The maximum atomic E-state index is 12.0. The number of amides is 1. The number of carbonyl (C=O) groups excluding carboxylic acids is 1. The Morgan fingerprint density at radius 1 is 1.52 bits per heavy atom. The minimum atomic E-state index is -0.0449. The molecule has 3 aliphatic heterocycles. The van der Waals surface area contributed by atoms with Crippen LogP contribution in [-0.4, -0.2) is 42.2 Å². The molecule has 0 aliphatic carbocycles. The number of hydrogen-bond donors (Lipinski definition) is 1. The second-order valence-corrected chi connectivity index (χ2v) is 8.62. The fraction of sp³-hybridized carbons (Fsp3) is 0.636. The van der Waals surface area contributed by atoms with E-state index < -0.39 is 0 Å². The molecule has 1 aromatic rings. The molecule has 1 aromatic heterocycles. The van der Waals surface area contributed by atoms with Crippen molar-refractivity contribution in [3.8, 4) is 0 Å². The second-order valence-electron chi connectivity index (χ2n) is 8.62. The molecule has 0 saturated carbocycles. The van der Waals surface area contributed by atoms with Gasteiger partial charge in [0.2, 0.25) is 5.91 Å². The maximum absolute atomic E-state index is 12.0. The van der Waals surface area contributed by atoms with Crippen LogP contribution in [0.2, 0.25) is 0 Å². The molecule has 5 nitrogen and oxygen atoms in total. The van der Waals surface area contributed by atoms with Crippen molar-refractivity contribution in [2.24, 2.45) is 11.8 Å². The summed E-state index contributed by atoms with van der Waals surface area (Å²) in [5, 5.41) is 3.13. The topological polar surface area (TPSA) is 54.5 Å². The van der Waals surface area contributed by atoms with Gasteiger partial charge in [0.1, 0.15) is 5.82 Å². The second kappa shape index (κ2) is 7.27. The monoisotopic (exact) mass is 369 g/mol. The SMILES string of the molecule is C=CCCC(=O)NC[C@H]1[C@H]2CN(c3cccc(C(C)C)n3)C[C@]23CC[C@H]1O3. The van der Waals surface area contributed by atoms with Crippen molar-refractivity contribution < 1.29 is 9.53 Å². The minimum absolute atomic E-state index is 0.0449. The van der Waals surface area contributed by atoms with Crippen LogP contribution in [0.25, 0.3) is 0 Å². The number of hydrogen-bond acceptors (Lipinski definition) is 4. The first-order valence-corrected chi connectivity index (χ1v) is 10.3. The van der Waals surface area contributed by atoms with Gasteiger partial charge in [-0.15, -0.1) is 6.58 Å². The normalized spacial score (nSPS) is 31.4. The zero-order valence-electron chi connectivity index (χ0n) is 16.5. The van der Waals surface area contributed by atoms with E-state index in [1.54, 1.807) is 6.08 Å². The van der Waals surface area contributed by atoms with E-state index >= 15 is 0 Å². The molecule has 4 heterocycles. The summed E-state index contributed by atoms with van der Waals surface area (Å²) in [5.41, 5.74) is 1.09. The molecule has 0 unspecified atom stereocenters. The molecular formula is C22H31N3O2. The molecule has 4 atom stereocenters. The van der Waals surface area contributed by atoms with Crippen LogP contribution >= 0.6 is 0 Å². The Morgan fingerprint density at radius 3 is 3.15 bits per heavy atom. The third-order valence-electron chi connectivity index (χ3n) is 6.57. The van der Waals surface area contributed by atoms with Crippen molar-refractivity contribution in [2.45, 2.75) is 57.2 Å².